The van der Waals surface area contributed by atoms with Gasteiger partial charge >= 0.3 is 0 Å². The molecule has 3 aromatic carbocycles. The summed E-state index contributed by atoms with van der Waals surface area (Å²) in [6.45, 7) is 0.344. The van der Waals surface area contributed by atoms with Gasteiger partial charge in [-0.3, -0.25) is 9.59 Å². The molecular formula is C22H19FN2O2. The molecule has 5 heteroatoms. The van der Waals surface area contributed by atoms with E-state index >= 15 is 0 Å². The zero-order chi connectivity index (χ0) is 19.0. The van der Waals surface area contributed by atoms with Crippen molar-refractivity contribution in [3.63, 3.8) is 0 Å². The molecule has 0 bridgehead atoms. The molecule has 2 amide bonds. The maximum atomic E-state index is 13.1. The van der Waals surface area contributed by atoms with Crippen molar-refractivity contribution in [2.45, 2.75) is 6.42 Å². The molecule has 4 rings (SSSR count). The fourth-order valence-corrected chi connectivity index (χ4v) is 3.62. The molecule has 1 heterocycles. The number of hydrogen-bond acceptors (Lipinski definition) is 2. The van der Waals surface area contributed by atoms with Crippen LogP contribution < -0.4 is 9.80 Å². The molecule has 0 N–H and O–H groups in total. The zero-order valence-corrected chi connectivity index (χ0v) is 14.9. The third-order valence-electron chi connectivity index (χ3n) is 5.08. The maximum Gasteiger partial charge on any atom is 0.232 e. The highest BCUT2D eigenvalue weighted by Crippen LogP contribution is 2.32. The van der Waals surface area contributed by atoms with Crippen molar-refractivity contribution < 1.29 is 14.0 Å². The molecule has 1 aliphatic heterocycles. The van der Waals surface area contributed by atoms with E-state index in [1.165, 1.54) is 17.0 Å². The van der Waals surface area contributed by atoms with Gasteiger partial charge in [0.05, 0.1) is 11.6 Å². The van der Waals surface area contributed by atoms with Gasteiger partial charge < -0.3 is 9.80 Å². The normalized spacial score (nSPS) is 16.7. The number of fused-ring (bicyclic) bond motifs is 1. The van der Waals surface area contributed by atoms with Crippen LogP contribution in [-0.4, -0.2) is 25.4 Å². The van der Waals surface area contributed by atoms with Crippen LogP contribution >= 0.6 is 0 Å². The summed E-state index contributed by atoms with van der Waals surface area (Å²) >= 11 is 0. The standard InChI is InChI=1S/C22H19FN2O2/c1-24(18-11-9-17(23)10-12-18)22(27)16-13-21(26)25(14-16)20-8-4-6-15-5-2-3-7-19(15)20/h2-12,16H,13-14H2,1H3. The minimum absolute atomic E-state index is 0.0581. The van der Waals surface area contributed by atoms with Gasteiger partial charge in [0.2, 0.25) is 11.8 Å². The summed E-state index contributed by atoms with van der Waals surface area (Å²) in [4.78, 5) is 28.7. The predicted octanol–water partition coefficient (Wildman–Crippen LogP) is 3.99. The molecule has 3 aromatic rings. The highest BCUT2D eigenvalue weighted by molar-refractivity contribution is 6.08. The second-order valence-electron chi connectivity index (χ2n) is 6.78. The summed E-state index contributed by atoms with van der Waals surface area (Å²) in [5.41, 5.74) is 1.44. The zero-order valence-electron chi connectivity index (χ0n) is 14.9. The lowest BCUT2D eigenvalue weighted by Gasteiger charge is -2.22. The lowest BCUT2D eigenvalue weighted by Crippen LogP contribution is -2.34. The monoisotopic (exact) mass is 362 g/mol. The Kier molecular flexibility index (Phi) is 4.36. The van der Waals surface area contributed by atoms with Crippen molar-refractivity contribution >= 4 is 34.0 Å². The van der Waals surface area contributed by atoms with E-state index in [0.717, 1.165) is 16.5 Å². The van der Waals surface area contributed by atoms with Crippen LogP contribution in [0.2, 0.25) is 0 Å². The Morgan fingerprint density at radius 2 is 1.74 bits per heavy atom. The van der Waals surface area contributed by atoms with Crippen LogP contribution in [0, 0.1) is 11.7 Å². The number of carbonyl (C=O) groups is 2. The van der Waals surface area contributed by atoms with E-state index in [0.29, 0.717) is 12.2 Å². The lowest BCUT2D eigenvalue weighted by atomic mass is 10.1. The third-order valence-corrected chi connectivity index (χ3v) is 5.08. The number of anilines is 2. The molecule has 1 saturated heterocycles. The van der Waals surface area contributed by atoms with Gasteiger partial charge in [-0.2, -0.15) is 0 Å². The van der Waals surface area contributed by atoms with Gasteiger partial charge in [-0.05, 0) is 35.7 Å². The van der Waals surface area contributed by atoms with Gasteiger partial charge in [-0.1, -0.05) is 36.4 Å². The topological polar surface area (TPSA) is 40.6 Å². The lowest BCUT2D eigenvalue weighted by molar-refractivity contribution is -0.124. The molecule has 1 fully saturated rings. The Labute approximate surface area is 156 Å². The quantitative estimate of drug-likeness (QED) is 0.707. The SMILES string of the molecule is CN(C(=O)C1CC(=O)N(c2cccc3ccccc23)C1)c1ccc(F)cc1. The number of halogens is 1. The number of amides is 2. The summed E-state index contributed by atoms with van der Waals surface area (Å²) in [6.07, 6.45) is 0.174. The average Bonchev–Trinajstić information content (AvgIpc) is 3.08. The first-order valence-electron chi connectivity index (χ1n) is 8.86. The number of rotatable bonds is 3. The van der Waals surface area contributed by atoms with Crippen LogP contribution in [0.5, 0.6) is 0 Å². The molecular weight excluding hydrogens is 343 g/mol. The van der Waals surface area contributed by atoms with Crippen LogP contribution in [0.25, 0.3) is 10.8 Å². The third kappa shape index (κ3) is 3.16. The number of carbonyl (C=O) groups excluding carboxylic acids is 2. The molecule has 1 atom stereocenters. The molecule has 0 saturated carbocycles. The maximum absolute atomic E-state index is 13.1. The van der Waals surface area contributed by atoms with Crippen molar-refractivity contribution in [1.29, 1.82) is 0 Å². The minimum Gasteiger partial charge on any atom is -0.315 e. The molecule has 136 valence electrons. The first-order valence-corrected chi connectivity index (χ1v) is 8.86. The highest BCUT2D eigenvalue weighted by Gasteiger charge is 2.37. The molecule has 0 aliphatic carbocycles. The van der Waals surface area contributed by atoms with E-state index in [4.69, 9.17) is 0 Å². The van der Waals surface area contributed by atoms with Crippen molar-refractivity contribution in [3.05, 3.63) is 72.5 Å². The fraction of sp³-hybridized carbons (Fsp3) is 0.182. The largest absolute Gasteiger partial charge is 0.315 e. The van der Waals surface area contributed by atoms with Crippen LogP contribution in [-0.2, 0) is 9.59 Å². The fourth-order valence-electron chi connectivity index (χ4n) is 3.62. The van der Waals surface area contributed by atoms with Gasteiger partial charge in [-0.15, -0.1) is 0 Å². The molecule has 1 aliphatic rings. The van der Waals surface area contributed by atoms with Crippen molar-refractivity contribution in [3.8, 4) is 0 Å². The molecule has 0 radical (unpaired) electrons. The van der Waals surface area contributed by atoms with Crippen molar-refractivity contribution in [2.75, 3.05) is 23.4 Å². The Morgan fingerprint density at radius 3 is 2.52 bits per heavy atom. The second-order valence-corrected chi connectivity index (χ2v) is 6.78. The van der Waals surface area contributed by atoms with E-state index in [1.54, 1.807) is 24.1 Å². The van der Waals surface area contributed by atoms with E-state index in [2.05, 4.69) is 0 Å². The van der Waals surface area contributed by atoms with E-state index < -0.39 is 5.92 Å². The Bertz CT molecular complexity index is 1010. The van der Waals surface area contributed by atoms with Gasteiger partial charge in [0.1, 0.15) is 5.82 Å². The van der Waals surface area contributed by atoms with Crippen molar-refractivity contribution in [1.82, 2.24) is 0 Å². The highest BCUT2D eigenvalue weighted by atomic mass is 19.1. The Morgan fingerprint density at radius 1 is 1.04 bits per heavy atom. The molecule has 27 heavy (non-hydrogen) atoms. The van der Waals surface area contributed by atoms with Crippen LogP contribution in [0.4, 0.5) is 15.8 Å². The summed E-state index contributed by atoms with van der Waals surface area (Å²) in [6, 6.07) is 19.5. The van der Waals surface area contributed by atoms with Gasteiger partial charge in [0, 0.05) is 31.1 Å². The predicted molar refractivity (Wildman–Crippen MR) is 104 cm³/mol. The number of hydrogen-bond donors (Lipinski definition) is 0. The number of nitrogens with zero attached hydrogens (tertiary/aromatic N) is 2. The Balaban J connectivity index is 1.58. The summed E-state index contributed by atoms with van der Waals surface area (Å²) in [7, 11) is 1.65. The second kappa shape index (κ2) is 6.83. The van der Waals surface area contributed by atoms with Gasteiger partial charge in [0.15, 0.2) is 0 Å². The molecule has 0 aromatic heterocycles. The van der Waals surface area contributed by atoms with Crippen molar-refractivity contribution in [2.24, 2.45) is 5.92 Å². The van der Waals surface area contributed by atoms with Crippen LogP contribution in [0.15, 0.2) is 66.7 Å². The molecule has 1 unspecified atom stereocenters. The first-order chi connectivity index (χ1) is 13.0. The van der Waals surface area contributed by atoms with Gasteiger partial charge in [0.25, 0.3) is 0 Å². The summed E-state index contributed by atoms with van der Waals surface area (Å²) < 4.78 is 13.1. The summed E-state index contributed by atoms with van der Waals surface area (Å²) in [5, 5.41) is 2.05. The minimum atomic E-state index is -0.425. The van der Waals surface area contributed by atoms with Crippen LogP contribution in [0.3, 0.4) is 0 Å². The molecule has 4 nitrogen and oxygen atoms in total. The van der Waals surface area contributed by atoms with E-state index in [-0.39, 0.29) is 24.1 Å². The molecule has 0 spiro atoms. The first kappa shape index (κ1) is 17.2. The van der Waals surface area contributed by atoms with E-state index in [1.807, 2.05) is 42.5 Å². The van der Waals surface area contributed by atoms with Crippen LogP contribution in [0.1, 0.15) is 6.42 Å². The average molecular weight is 362 g/mol. The van der Waals surface area contributed by atoms with E-state index in [9.17, 15) is 14.0 Å². The number of benzene rings is 3. The Hall–Kier alpha value is -3.21. The smallest absolute Gasteiger partial charge is 0.232 e. The summed E-state index contributed by atoms with van der Waals surface area (Å²) in [5.74, 6) is -0.973. The van der Waals surface area contributed by atoms with Gasteiger partial charge in [-0.25, -0.2) is 4.39 Å².